The molecule has 0 saturated heterocycles. The van der Waals surface area contributed by atoms with Crippen LogP contribution in [0.15, 0.2) is 60.7 Å². The molecule has 24 heavy (non-hydrogen) atoms. The molecule has 3 heteroatoms. The maximum absolute atomic E-state index is 7.00. The molecule has 0 saturated carbocycles. The fourth-order valence-electron chi connectivity index (χ4n) is 4.35. The number of hydrogen-bond acceptors (Lipinski definition) is 1. The number of benzene rings is 2. The van der Waals surface area contributed by atoms with Gasteiger partial charge in [0.25, 0.3) is 0 Å². The van der Waals surface area contributed by atoms with Crippen LogP contribution in [-0.4, -0.2) is 19.1 Å². The Hall–Kier alpha value is -1.02. The summed E-state index contributed by atoms with van der Waals surface area (Å²) in [7, 11) is 1.00. The fourth-order valence-corrected chi connectivity index (χ4v) is 19.4. The van der Waals surface area contributed by atoms with Gasteiger partial charge in [-0.05, 0) is 0 Å². The van der Waals surface area contributed by atoms with Crippen molar-refractivity contribution in [3.63, 3.8) is 0 Å². The van der Waals surface area contributed by atoms with Crippen LogP contribution in [0.5, 0.6) is 0 Å². The van der Waals surface area contributed by atoms with Gasteiger partial charge in [-0.15, -0.1) is 0 Å². The topological polar surface area (TPSA) is 20.2 Å². The number of hydrogen-bond donors (Lipinski definition) is 1. The standard InChI is InChI=1S/2C9H7.CH4O.2CH3.H2Si.Zr/c2*1-2-5-9-7-3-6-8(9)4-1;1-2;;;;/h2*1-7H;2H,1H3;2*1H3;1H2;. The van der Waals surface area contributed by atoms with E-state index in [0.29, 0.717) is 7.25 Å². The molecule has 2 unspecified atom stereocenters. The van der Waals surface area contributed by atoms with Crippen LogP contribution < -0.4 is 0 Å². The van der Waals surface area contributed by atoms with Crippen LogP contribution >= 0.6 is 0 Å². The molecular formula is C21H26OSiZr. The average molecular weight is 414 g/mol. The molecule has 2 aliphatic carbocycles. The van der Waals surface area contributed by atoms with Gasteiger partial charge in [0.1, 0.15) is 0 Å². The quantitative estimate of drug-likeness (QED) is 0.721. The van der Waals surface area contributed by atoms with Crippen LogP contribution in [-0.2, 0) is 17.4 Å². The zero-order valence-corrected chi connectivity index (χ0v) is 18.6. The van der Waals surface area contributed by atoms with E-state index < -0.39 is 17.4 Å². The van der Waals surface area contributed by atoms with E-state index in [0.717, 1.165) is 7.11 Å². The average Bonchev–Trinajstić information content (AvgIpc) is 3.21. The van der Waals surface area contributed by atoms with Gasteiger partial charge in [0.15, 0.2) is 0 Å². The molecule has 0 aliphatic heterocycles. The van der Waals surface area contributed by atoms with Crippen LogP contribution in [0.4, 0.5) is 0 Å². The molecule has 0 heterocycles. The van der Waals surface area contributed by atoms with Crippen molar-refractivity contribution in [2.75, 3.05) is 7.11 Å². The van der Waals surface area contributed by atoms with Gasteiger partial charge in [-0.25, -0.2) is 0 Å². The summed E-state index contributed by atoms with van der Waals surface area (Å²) in [6, 6.07) is 17.9. The van der Waals surface area contributed by atoms with Crippen molar-refractivity contribution in [1.82, 2.24) is 0 Å². The summed E-state index contributed by atoms with van der Waals surface area (Å²) in [5, 5.41) is 7.00. The summed E-state index contributed by atoms with van der Waals surface area (Å²) in [6.45, 7) is 2.37. The fraction of sp³-hybridized carbons (Fsp3) is 0.238. The van der Waals surface area contributed by atoms with Gasteiger partial charge in [-0.2, -0.15) is 0 Å². The molecule has 2 aliphatic rings. The van der Waals surface area contributed by atoms with E-state index in [4.69, 9.17) is 5.11 Å². The second-order valence-electron chi connectivity index (χ2n) is 7.87. The van der Waals surface area contributed by atoms with Gasteiger partial charge >= 0.3 is 136 Å². The van der Waals surface area contributed by atoms with Crippen LogP contribution in [0.25, 0.3) is 12.2 Å². The zero-order chi connectivity index (χ0) is 17.4. The number of aliphatic hydroxyl groups excluding tert-OH is 1. The third-order valence-electron chi connectivity index (χ3n) is 5.64. The Kier molecular flexibility index (Phi) is 4.72. The molecule has 1 nitrogen and oxygen atoms in total. The predicted molar refractivity (Wildman–Crippen MR) is 105 cm³/mol. The maximum atomic E-state index is 7.00. The first kappa shape index (κ1) is 17.8. The first-order valence-electron chi connectivity index (χ1n) is 8.52. The summed E-state index contributed by atoms with van der Waals surface area (Å²) < 4.78 is 6.59. The Bertz CT molecular complexity index is 821. The summed E-state index contributed by atoms with van der Waals surface area (Å²) in [5.74, 6) is 0. The Morgan fingerprint density at radius 3 is 1.54 bits per heavy atom. The van der Waals surface area contributed by atoms with Gasteiger partial charge in [0, 0.05) is 7.11 Å². The Labute approximate surface area is 147 Å². The van der Waals surface area contributed by atoms with Gasteiger partial charge in [-0.1, -0.05) is 0 Å². The molecule has 0 aromatic heterocycles. The number of allylic oxidation sites excluding steroid dienone is 2. The van der Waals surface area contributed by atoms with E-state index in [1.165, 1.54) is 11.1 Å². The molecule has 2 aromatic carbocycles. The molecule has 124 valence electrons. The van der Waals surface area contributed by atoms with Crippen molar-refractivity contribution in [2.45, 2.75) is 16.5 Å². The molecule has 4 rings (SSSR count). The van der Waals surface area contributed by atoms with E-state index in [1.807, 2.05) is 0 Å². The Balaban J connectivity index is 0.000000815. The molecule has 1 N–H and O–H groups in total. The van der Waals surface area contributed by atoms with Crippen molar-refractivity contribution in [1.29, 1.82) is 0 Å². The minimum absolute atomic E-state index is 0.650. The molecule has 0 spiro atoms. The second-order valence-corrected chi connectivity index (χ2v) is 38.6. The summed E-state index contributed by atoms with van der Waals surface area (Å²) in [6.07, 6.45) is 9.69. The third-order valence-corrected chi connectivity index (χ3v) is 23.4. The van der Waals surface area contributed by atoms with Crippen LogP contribution in [0.3, 0.4) is 0 Å². The monoisotopic (exact) mass is 412 g/mol. The summed E-state index contributed by atoms with van der Waals surface area (Å²) in [5.41, 5.74) is 5.98. The van der Waals surface area contributed by atoms with Crippen molar-refractivity contribution in [3.05, 3.63) is 82.9 Å². The van der Waals surface area contributed by atoms with Crippen molar-refractivity contribution in [2.24, 2.45) is 0 Å². The summed E-state index contributed by atoms with van der Waals surface area (Å²) in [4.78, 5) is 0. The van der Waals surface area contributed by atoms with Gasteiger partial charge < -0.3 is 5.11 Å². The number of aliphatic hydroxyl groups is 1. The normalized spacial score (nSPS) is 21.0. The molecule has 2 atom stereocenters. The molecule has 0 fully saturated rings. The van der Waals surface area contributed by atoms with E-state index in [1.54, 1.807) is 11.1 Å². The molecule has 0 bridgehead atoms. The predicted octanol–water partition coefficient (Wildman–Crippen LogP) is 4.47. The number of rotatable bonds is 2. The number of fused-ring (bicyclic) bond motifs is 2. The van der Waals surface area contributed by atoms with Gasteiger partial charge in [0.05, 0.1) is 0 Å². The van der Waals surface area contributed by atoms with Gasteiger partial charge in [-0.3, -0.25) is 0 Å². The molecule has 2 aromatic rings. The van der Waals surface area contributed by atoms with E-state index in [2.05, 4.69) is 89.0 Å². The molecular weight excluding hydrogens is 388 g/mol. The molecule has 0 radical (unpaired) electrons. The van der Waals surface area contributed by atoms with E-state index >= 15 is 0 Å². The van der Waals surface area contributed by atoms with Crippen LogP contribution in [0.2, 0.25) is 9.26 Å². The van der Waals surface area contributed by atoms with Crippen molar-refractivity contribution in [3.8, 4) is 0 Å². The van der Waals surface area contributed by atoms with Gasteiger partial charge in [0.2, 0.25) is 0 Å². The van der Waals surface area contributed by atoms with Crippen molar-refractivity contribution < 1.29 is 22.5 Å². The second kappa shape index (κ2) is 6.37. The summed E-state index contributed by atoms with van der Waals surface area (Å²) >= 11 is -3.02. The van der Waals surface area contributed by atoms with Crippen LogP contribution in [0.1, 0.15) is 29.5 Å². The Morgan fingerprint density at radius 1 is 0.750 bits per heavy atom. The zero-order valence-electron chi connectivity index (χ0n) is 14.7. The first-order chi connectivity index (χ1) is 11.5. The van der Waals surface area contributed by atoms with E-state index in [-0.39, 0.29) is 0 Å². The SMILES string of the molecule is CO.[CH3][Zr]([CH3])(=[SiH2])([CH]1C=Cc2ccccc21)[CH]1C=Cc2ccccc21. The first-order valence-corrected chi connectivity index (χ1v) is 22.2. The Morgan fingerprint density at radius 2 is 1.12 bits per heavy atom. The third kappa shape index (κ3) is 2.77. The van der Waals surface area contributed by atoms with Crippen molar-refractivity contribution >= 4 is 19.0 Å². The minimum atomic E-state index is -3.02. The van der Waals surface area contributed by atoms with Crippen LogP contribution in [0, 0.1) is 0 Å². The van der Waals surface area contributed by atoms with E-state index in [9.17, 15) is 0 Å². The molecule has 0 amide bonds.